The minimum atomic E-state index is -0.349. The molecule has 0 aliphatic rings. The first kappa shape index (κ1) is 13.8. The summed E-state index contributed by atoms with van der Waals surface area (Å²) < 4.78 is 0. The number of anilines is 1. The lowest BCUT2D eigenvalue weighted by Crippen LogP contribution is -2.15. The molecular formula is C13H11Cl2N3O. The first-order valence-electron chi connectivity index (χ1n) is 5.54. The SMILES string of the molecule is Cc1cc(C(=O)Nc2cc(Cl)ccc2C)nc(Cl)n1. The van der Waals surface area contributed by atoms with E-state index in [1.165, 1.54) is 0 Å². The first-order valence-corrected chi connectivity index (χ1v) is 6.30. The highest BCUT2D eigenvalue weighted by Gasteiger charge is 2.11. The molecule has 98 valence electrons. The van der Waals surface area contributed by atoms with Gasteiger partial charge in [-0.05, 0) is 49.2 Å². The zero-order chi connectivity index (χ0) is 14.0. The largest absolute Gasteiger partial charge is 0.320 e. The second-order valence-electron chi connectivity index (χ2n) is 4.08. The Bertz CT molecular complexity index is 624. The zero-order valence-electron chi connectivity index (χ0n) is 10.4. The molecule has 1 aromatic carbocycles. The van der Waals surface area contributed by atoms with Crippen molar-refractivity contribution in [2.75, 3.05) is 5.32 Å². The molecule has 0 aliphatic carbocycles. The summed E-state index contributed by atoms with van der Waals surface area (Å²) >= 11 is 11.6. The van der Waals surface area contributed by atoms with Gasteiger partial charge in [-0.1, -0.05) is 17.7 Å². The lowest BCUT2D eigenvalue weighted by Gasteiger charge is -2.08. The van der Waals surface area contributed by atoms with Crippen LogP contribution in [0.1, 0.15) is 21.7 Å². The van der Waals surface area contributed by atoms with E-state index in [0.717, 1.165) is 5.56 Å². The van der Waals surface area contributed by atoms with Crippen molar-refractivity contribution in [3.8, 4) is 0 Å². The Morgan fingerprint density at radius 2 is 1.89 bits per heavy atom. The van der Waals surface area contributed by atoms with Crippen LogP contribution in [0.3, 0.4) is 0 Å². The van der Waals surface area contributed by atoms with Crippen LogP contribution < -0.4 is 5.32 Å². The van der Waals surface area contributed by atoms with Gasteiger partial charge in [-0.2, -0.15) is 0 Å². The molecule has 0 unspecified atom stereocenters. The number of halogens is 2. The Labute approximate surface area is 120 Å². The van der Waals surface area contributed by atoms with Gasteiger partial charge in [0.25, 0.3) is 5.91 Å². The average molecular weight is 296 g/mol. The van der Waals surface area contributed by atoms with Gasteiger partial charge >= 0.3 is 0 Å². The first-order chi connectivity index (χ1) is 8.95. The third-order valence-corrected chi connectivity index (χ3v) is 2.91. The molecule has 2 rings (SSSR count). The van der Waals surface area contributed by atoms with Crippen LogP contribution in [0.25, 0.3) is 0 Å². The number of hydrogen-bond acceptors (Lipinski definition) is 3. The fourth-order valence-electron chi connectivity index (χ4n) is 1.56. The summed E-state index contributed by atoms with van der Waals surface area (Å²) in [7, 11) is 0. The molecule has 0 saturated heterocycles. The predicted octanol–water partition coefficient (Wildman–Crippen LogP) is 3.65. The van der Waals surface area contributed by atoms with Gasteiger partial charge in [-0.25, -0.2) is 9.97 Å². The van der Waals surface area contributed by atoms with Gasteiger partial charge in [0, 0.05) is 16.4 Å². The third-order valence-electron chi connectivity index (χ3n) is 2.51. The van der Waals surface area contributed by atoms with E-state index in [-0.39, 0.29) is 16.9 Å². The Kier molecular flexibility index (Phi) is 4.02. The van der Waals surface area contributed by atoms with E-state index in [9.17, 15) is 4.79 Å². The molecule has 0 atom stereocenters. The maximum atomic E-state index is 12.1. The van der Waals surface area contributed by atoms with Crippen LogP contribution in [0.4, 0.5) is 5.69 Å². The van der Waals surface area contributed by atoms with Gasteiger partial charge in [0.05, 0.1) is 0 Å². The standard InChI is InChI=1S/C13H11Cl2N3O/c1-7-3-4-9(14)6-10(7)17-12(19)11-5-8(2)16-13(15)18-11/h3-6H,1-2H3,(H,17,19). The van der Waals surface area contributed by atoms with E-state index in [2.05, 4.69) is 15.3 Å². The van der Waals surface area contributed by atoms with Crippen LogP contribution in [0.2, 0.25) is 10.3 Å². The Balaban J connectivity index is 2.28. The summed E-state index contributed by atoms with van der Waals surface area (Å²) in [4.78, 5) is 19.9. The molecule has 0 saturated carbocycles. The number of carbonyl (C=O) groups is 1. The molecule has 2 aromatic rings. The van der Waals surface area contributed by atoms with Gasteiger partial charge in [-0.3, -0.25) is 4.79 Å². The fraction of sp³-hybridized carbons (Fsp3) is 0.154. The van der Waals surface area contributed by atoms with Crippen molar-refractivity contribution >= 4 is 34.8 Å². The molecule has 1 N–H and O–H groups in total. The van der Waals surface area contributed by atoms with E-state index in [1.54, 1.807) is 25.1 Å². The molecule has 0 radical (unpaired) electrons. The molecule has 1 amide bonds. The van der Waals surface area contributed by atoms with Gasteiger partial charge in [0.15, 0.2) is 0 Å². The number of nitrogens with one attached hydrogen (secondary N) is 1. The topological polar surface area (TPSA) is 54.9 Å². The normalized spacial score (nSPS) is 10.3. The lowest BCUT2D eigenvalue weighted by molar-refractivity contribution is 0.102. The van der Waals surface area contributed by atoms with Crippen LogP contribution >= 0.6 is 23.2 Å². The maximum Gasteiger partial charge on any atom is 0.274 e. The summed E-state index contributed by atoms with van der Waals surface area (Å²) in [6.07, 6.45) is 0. The van der Waals surface area contributed by atoms with Gasteiger partial charge in [0.1, 0.15) is 5.69 Å². The number of benzene rings is 1. The molecule has 6 heteroatoms. The van der Waals surface area contributed by atoms with Crippen molar-refractivity contribution in [2.24, 2.45) is 0 Å². The molecule has 0 aliphatic heterocycles. The third kappa shape index (κ3) is 3.43. The van der Waals surface area contributed by atoms with Gasteiger partial charge in [-0.15, -0.1) is 0 Å². The second kappa shape index (κ2) is 5.55. The van der Waals surface area contributed by atoms with Crippen molar-refractivity contribution in [1.82, 2.24) is 9.97 Å². The van der Waals surface area contributed by atoms with Gasteiger partial charge in [0.2, 0.25) is 5.28 Å². The second-order valence-corrected chi connectivity index (χ2v) is 4.85. The zero-order valence-corrected chi connectivity index (χ0v) is 11.9. The minimum absolute atomic E-state index is 0.0490. The summed E-state index contributed by atoms with van der Waals surface area (Å²) in [5.41, 5.74) is 2.41. The maximum absolute atomic E-state index is 12.1. The molecular weight excluding hydrogens is 285 g/mol. The van der Waals surface area contributed by atoms with Crippen molar-refractivity contribution in [2.45, 2.75) is 13.8 Å². The smallest absolute Gasteiger partial charge is 0.274 e. The van der Waals surface area contributed by atoms with Crippen molar-refractivity contribution in [3.05, 3.63) is 51.5 Å². The summed E-state index contributed by atoms with van der Waals surface area (Å²) in [5, 5.41) is 3.35. The number of rotatable bonds is 2. The van der Waals surface area contributed by atoms with Gasteiger partial charge < -0.3 is 5.32 Å². The van der Waals surface area contributed by atoms with Crippen molar-refractivity contribution in [3.63, 3.8) is 0 Å². The van der Waals surface area contributed by atoms with Crippen LogP contribution in [-0.4, -0.2) is 15.9 Å². The number of nitrogens with zero attached hydrogens (tertiary/aromatic N) is 2. The molecule has 1 aromatic heterocycles. The summed E-state index contributed by atoms with van der Waals surface area (Å²) in [6, 6.07) is 6.85. The quantitative estimate of drug-likeness (QED) is 0.861. The molecule has 1 heterocycles. The van der Waals surface area contributed by atoms with E-state index in [0.29, 0.717) is 16.4 Å². The van der Waals surface area contributed by atoms with Crippen LogP contribution in [-0.2, 0) is 0 Å². The number of amides is 1. The van der Waals surface area contributed by atoms with E-state index in [4.69, 9.17) is 23.2 Å². The monoisotopic (exact) mass is 295 g/mol. The fourth-order valence-corrected chi connectivity index (χ4v) is 1.96. The molecule has 0 spiro atoms. The highest BCUT2D eigenvalue weighted by atomic mass is 35.5. The number of aromatic nitrogens is 2. The Morgan fingerprint density at radius 3 is 2.58 bits per heavy atom. The van der Waals surface area contributed by atoms with Crippen LogP contribution in [0.5, 0.6) is 0 Å². The Hall–Kier alpha value is -1.65. The predicted molar refractivity (Wildman–Crippen MR) is 75.9 cm³/mol. The van der Waals surface area contributed by atoms with Crippen molar-refractivity contribution in [1.29, 1.82) is 0 Å². The molecule has 4 nitrogen and oxygen atoms in total. The Morgan fingerprint density at radius 1 is 1.16 bits per heavy atom. The van der Waals surface area contributed by atoms with E-state index in [1.807, 2.05) is 13.0 Å². The van der Waals surface area contributed by atoms with Crippen molar-refractivity contribution < 1.29 is 4.79 Å². The lowest BCUT2D eigenvalue weighted by atomic mass is 10.2. The van der Waals surface area contributed by atoms with E-state index < -0.39 is 0 Å². The van der Waals surface area contributed by atoms with E-state index >= 15 is 0 Å². The average Bonchev–Trinajstić information content (AvgIpc) is 2.32. The summed E-state index contributed by atoms with van der Waals surface area (Å²) in [5.74, 6) is -0.349. The number of aryl methyl sites for hydroxylation is 2. The molecule has 0 bridgehead atoms. The molecule has 19 heavy (non-hydrogen) atoms. The highest BCUT2D eigenvalue weighted by molar-refractivity contribution is 6.31. The van der Waals surface area contributed by atoms with Crippen LogP contribution in [0, 0.1) is 13.8 Å². The van der Waals surface area contributed by atoms with Crippen LogP contribution in [0.15, 0.2) is 24.3 Å². The number of carbonyl (C=O) groups excluding carboxylic acids is 1. The summed E-state index contributed by atoms with van der Waals surface area (Å²) in [6.45, 7) is 3.62. The minimum Gasteiger partial charge on any atom is -0.320 e. The molecule has 0 fully saturated rings. The number of hydrogen-bond donors (Lipinski definition) is 1. The highest BCUT2D eigenvalue weighted by Crippen LogP contribution is 2.20.